The van der Waals surface area contributed by atoms with Crippen LogP contribution < -0.4 is 10.2 Å². The first-order valence-corrected chi connectivity index (χ1v) is 11.0. The van der Waals surface area contributed by atoms with Crippen molar-refractivity contribution < 1.29 is 18.0 Å². The molecule has 0 atom stereocenters. The Kier molecular flexibility index (Phi) is 7.20. The number of aromatic nitrogens is 3. The van der Waals surface area contributed by atoms with Crippen molar-refractivity contribution in [3.05, 3.63) is 64.4 Å². The van der Waals surface area contributed by atoms with E-state index in [1.165, 1.54) is 6.07 Å². The van der Waals surface area contributed by atoms with E-state index >= 15 is 0 Å². The van der Waals surface area contributed by atoms with E-state index < -0.39 is 11.7 Å². The van der Waals surface area contributed by atoms with Crippen LogP contribution in [0.1, 0.15) is 5.56 Å². The summed E-state index contributed by atoms with van der Waals surface area (Å²) in [5.74, 6) is 0.719. The lowest BCUT2D eigenvalue weighted by Gasteiger charge is -2.35. The van der Waals surface area contributed by atoms with Crippen LogP contribution in [0.2, 0.25) is 10.2 Å². The molecule has 2 aromatic heterocycles. The van der Waals surface area contributed by atoms with Crippen molar-refractivity contribution >= 4 is 40.7 Å². The van der Waals surface area contributed by atoms with Crippen molar-refractivity contribution in [2.24, 2.45) is 0 Å². The molecule has 3 aromatic rings. The number of halogens is 5. The third kappa shape index (κ3) is 5.94. The Morgan fingerprint density at radius 2 is 1.74 bits per heavy atom. The molecule has 1 aromatic carbocycles. The van der Waals surface area contributed by atoms with Crippen molar-refractivity contribution in [3.8, 4) is 11.4 Å². The van der Waals surface area contributed by atoms with Gasteiger partial charge in [-0.1, -0.05) is 53.5 Å². The van der Waals surface area contributed by atoms with Crippen molar-refractivity contribution in [2.45, 2.75) is 6.18 Å². The highest BCUT2D eigenvalue weighted by molar-refractivity contribution is 6.33. The number of anilines is 2. The van der Waals surface area contributed by atoms with Gasteiger partial charge < -0.3 is 10.2 Å². The second-order valence-electron chi connectivity index (χ2n) is 7.60. The molecular formula is C22H19Cl2F3N6O. The molecule has 12 heteroatoms. The number of nitrogens with zero attached hydrogens (tertiary/aromatic N) is 5. The summed E-state index contributed by atoms with van der Waals surface area (Å²) in [5, 5.41) is 2.89. The number of hydrogen-bond acceptors (Lipinski definition) is 6. The summed E-state index contributed by atoms with van der Waals surface area (Å²) in [6.07, 6.45) is -3.73. The second kappa shape index (κ2) is 10.1. The molecule has 0 radical (unpaired) electrons. The third-order valence-corrected chi connectivity index (χ3v) is 5.65. The standard InChI is InChI=1S/C22H19Cl2F3N6O/c23-16-10-15(22(25,26)27)12-28-21(16)33-8-6-32(7-9-33)13-19(34)30-18-11-17(24)29-20(31-18)14-4-2-1-3-5-14/h1-5,10-12H,6-9,13H2,(H,29,30,31,34). The van der Waals surface area contributed by atoms with Gasteiger partial charge in [0.2, 0.25) is 5.91 Å². The van der Waals surface area contributed by atoms with Gasteiger partial charge in [0.1, 0.15) is 16.8 Å². The third-order valence-electron chi connectivity index (χ3n) is 5.18. The maximum atomic E-state index is 12.8. The molecule has 0 aliphatic carbocycles. The first-order valence-electron chi connectivity index (χ1n) is 10.3. The number of piperazine rings is 1. The van der Waals surface area contributed by atoms with Crippen LogP contribution in [0.4, 0.5) is 24.8 Å². The van der Waals surface area contributed by atoms with Crippen LogP contribution >= 0.6 is 23.2 Å². The molecule has 7 nitrogen and oxygen atoms in total. The van der Waals surface area contributed by atoms with Gasteiger partial charge in [-0.25, -0.2) is 15.0 Å². The lowest BCUT2D eigenvalue weighted by molar-refractivity contribution is -0.137. The van der Waals surface area contributed by atoms with Gasteiger partial charge >= 0.3 is 6.18 Å². The Morgan fingerprint density at radius 1 is 1.03 bits per heavy atom. The Hall–Kier alpha value is -2.95. The van der Waals surface area contributed by atoms with E-state index in [2.05, 4.69) is 20.3 Å². The van der Waals surface area contributed by atoms with E-state index in [1.54, 1.807) is 4.90 Å². The lowest BCUT2D eigenvalue weighted by atomic mass is 10.2. The summed E-state index contributed by atoms with van der Waals surface area (Å²) in [7, 11) is 0. The molecule has 0 saturated carbocycles. The quantitative estimate of drug-likeness (QED) is 0.504. The molecule has 3 heterocycles. The zero-order chi connectivity index (χ0) is 24.3. The largest absolute Gasteiger partial charge is 0.417 e. The normalized spacial score (nSPS) is 14.8. The van der Waals surface area contributed by atoms with Crippen LogP contribution in [0.5, 0.6) is 0 Å². The summed E-state index contributed by atoms with van der Waals surface area (Å²) >= 11 is 12.1. The van der Waals surface area contributed by atoms with Crippen LogP contribution in [0.25, 0.3) is 11.4 Å². The number of carbonyl (C=O) groups excluding carboxylic acids is 1. The minimum atomic E-state index is -4.50. The highest BCUT2D eigenvalue weighted by atomic mass is 35.5. The molecule has 0 bridgehead atoms. The number of hydrogen-bond donors (Lipinski definition) is 1. The Bertz CT molecular complexity index is 1170. The van der Waals surface area contributed by atoms with Gasteiger partial charge in [0, 0.05) is 44.0 Å². The number of benzene rings is 1. The predicted molar refractivity (Wildman–Crippen MR) is 124 cm³/mol. The number of rotatable bonds is 5. The molecule has 1 amide bonds. The number of pyridine rings is 1. The van der Waals surface area contributed by atoms with Crippen LogP contribution in [0.3, 0.4) is 0 Å². The Morgan fingerprint density at radius 3 is 2.38 bits per heavy atom. The number of amides is 1. The molecule has 1 saturated heterocycles. The van der Waals surface area contributed by atoms with Crippen LogP contribution in [0, 0.1) is 0 Å². The van der Waals surface area contributed by atoms with E-state index in [1.807, 2.05) is 35.2 Å². The van der Waals surface area contributed by atoms with Gasteiger partial charge in [-0.2, -0.15) is 13.2 Å². The molecule has 1 aliphatic heterocycles. The fraction of sp³-hybridized carbons (Fsp3) is 0.273. The average Bonchev–Trinajstić information content (AvgIpc) is 2.79. The van der Waals surface area contributed by atoms with E-state index in [0.29, 0.717) is 43.6 Å². The van der Waals surface area contributed by atoms with Crippen molar-refractivity contribution in [3.63, 3.8) is 0 Å². The Labute approximate surface area is 203 Å². The van der Waals surface area contributed by atoms with E-state index in [4.69, 9.17) is 23.2 Å². The monoisotopic (exact) mass is 510 g/mol. The van der Waals surface area contributed by atoms with Gasteiger partial charge in [0.15, 0.2) is 5.82 Å². The molecule has 34 heavy (non-hydrogen) atoms. The SMILES string of the molecule is O=C(CN1CCN(c2ncc(C(F)(F)F)cc2Cl)CC1)Nc1cc(Cl)nc(-c2ccccc2)n1. The first-order chi connectivity index (χ1) is 16.2. The zero-order valence-electron chi connectivity index (χ0n) is 17.7. The molecule has 4 rings (SSSR count). The topological polar surface area (TPSA) is 74.2 Å². The minimum Gasteiger partial charge on any atom is -0.353 e. The summed E-state index contributed by atoms with van der Waals surface area (Å²) in [6.45, 7) is 2.05. The van der Waals surface area contributed by atoms with E-state index in [0.717, 1.165) is 17.8 Å². The molecule has 1 aliphatic rings. The highest BCUT2D eigenvalue weighted by Crippen LogP contribution is 2.33. The summed E-state index contributed by atoms with van der Waals surface area (Å²) < 4.78 is 38.5. The second-order valence-corrected chi connectivity index (χ2v) is 8.40. The van der Waals surface area contributed by atoms with Crippen LogP contribution in [-0.4, -0.2) is 58.5 Å². The average molecular weight is 511 g/mol. The van der Waals surface area contributed by atoms with E-state index in [9.17, 15) is 18.0 Å². The summed E-state index contributed by atoms with van der Waals surface area (Å²) in [6, 6.07) is 11.6. The molecular weight excluding hydrogens is 492 g/mol. The predicted octanol–water partition coefficient (Wildman–Crippen LogP) is 4.62. The lowest BCUT2D eigenvalue weighted by Crippen LogP contribution is -2.49. The summed E-state index contributed by atoms with van der Waals surface area (Å²) in [5.41, 5.74) is -0.121. The van der Waals surface area contributed by atoms with Gasteiger partial charge in [0.25, 0.3) is 0 Å². The molecule has 1 N–H and O–H groups in total. The van der Waals surface area contributed by atoms with E-state index in [-0.39, 0.29) is 22.6 Å². The van der Waals surface area contributed by atoms with Crippen molar-refractivity contribution in [2.75, 3.05) is 42.9 Å². The van der Waals surface area contributed by atoms with Crippen molar-refractivity contribution in [1.82, 2.24) is 19.9 Å². The fourth-order valence-electron chi connectivity index (χ4n) is 3.52. The van der Waals surface area contributed by atoms with Gasteiger partial charge in [0.05, 0.1) is 17.1 Å². The first kappa shape index (κ1) is 24.2. The number of carbonyl (C=O) groups is 1. The van der Waals surface area contributed by atoms with Gasteiger partial charge in [-0.3, -0.25) is 9.69 Å². The van der Waals surface area contributed by atoms with Crippen molar-refractivity contribution in [1.29, 1.82) is 0 Å². The zero-order valence-corrected chi connectivity index (χ0v) is 19.2. The van der Waals surface area contributed by atoms with Gasteiger partial charge in [-0.05, 0) is 6.07 Å². The maximum Gasteiger partial charge on any atom is 0.417 e. The number of nitrogens with one attached hydrogen (secondary N) is 1. The smallest absolute Gasteiger partial charge is 0.353 e. The Balaban J connectivity index is 1.34. The van der Waals surface area contributed by atoms with Crippen LogP contribution in [0.15, 0.2) is 48.7 Å². The highest BCUT2D eigenvalue weighted by Gasteiger charge is 2.32. The summed E-state index contributed by atoms with van der Waals surface area (Å²) in [4.78, 5) is 28.8. The fourth-order valence-corrected chi connectivity index (χ4v) is 3.99. The number of alkyl halides is 3. The molecule has 178 valence electrons. The maximum absolute atomic E-state index is 12.8. The molecule has 0 unspecified atom stereocenters. The van der Waals surface area contributed by atoms with Gasteiger partial charge in [-0.15, -0.1) is 0 Å². The molecule has 1 fully saturated rings. The van der Waals surface area contributed by atoms with Crippen LogP contribution in [-0.2, 0) is 11.0 Å². The molecule has 0 spiro atoms. The minimum absolute atomic E-state index is 0.0594.